The summed E-state index contributed by atoms with van der Waals surface area (Å²) in [6, 6.07) is 10.8. The highest BCUT2D eigenvalue weighted by atomic mass is 16.5. The molecule has 0 bridgehead atoms. The minimum atomic E-state index is -0.0900. The summed E-state index contributed by atoms with van der Waals surface area (Å²) in [6.07, 6.45) is 3.07. The molecule has 1 aliphatic rings. The molecule has 6 nitrogen and oxygen atoms in total. The van der Waals surface area contributed by atoms with Crippen molar-refractivity contribution in [2.24, 2.45) is 0 Å². The maximum atomic E-state index is 12.8. The third-order valence-electron chi connectivity index (χ3n) is 4.28. The van der Waals surface area contributed by atoms with Gasteiger partial charge >= 0.3 is 0 Å². The summed E-state index contributed by atoms with van der Waals surface area (Å²) in [5, 5.41) is 0. The maximum absolute atomic E-state index is 12.8. The maximum Gasteiger partial charge on any atom is 0.254 e. The van der Waals surface area contributed by atoms with Crippen molar-refractivity contribution in [2.75, 3.05) is 31.7 Å². The standard InChI is InChI=1S/C19H22N2O4/c1-24-13-11-20(14-17-4-3-12-25-17)19(23)15-6-8-16(9-7-15)21-10-2-5-18(21)22/h3-4,6-9,12H,2,5,10-11,13-14H2,1H3. The smallest absolute Gasteiger partial charge is 0.254 e. The first-order chi connectivity index (χ1) is 12.2. The average Bonchev–Trinajstić information content (AvgIpc) is 3.29. The van der Waals surface area contributed by atoms with Crippen LogP contribution in [0.3, 0.4) is 0 Å². The number of methoxy groups -OCH3 is 1. The number of amides is 2. The van der Waals surface area contributed by atoms with Crippen molar-refractivity contribution in [1.82, 2.24) is 4.90 Å². The second kappa shape index (κ2) is 7.98. The van der Waals surface area contributed by atoms with Gasteiger partial charge < -0.3 is 19.0 Å². The number of hydrogen-bond acceptors (Lipinski definition) is 4. The monoisotopic (exact) mass is 342 g/mol. The molecule has 2 aromatic rings. The summed E-state index contributed by atoms with van der Waals surface area (Å²) in [6.45, 7) is 2.06. The predicted molar refractivity (Wildman–Crippen MR) is 93.4 cm³/mol. The van der Waals surface area contributed by atoms with E-state index >= 15 is 0 Å². The summed E-state index contributed by atoms with van der Waals surface area (Å²) >= 11 is 0. The van der Waals surface area contributed by atoms with Gasteiger partial charge in [-0.15, -0.1) is 0 Å². The third kappa shape index (κ3) is 4.09. The molecular formula is C19H22N2O4. The van der Waals surface area contributed by atoms with Gasteiger partial charge in [-0.2, -0.15) is 0 Å². The second-order valence-electron chi connectivity index (χ2n) is 5.99. The van der Waals surface area contributed by atoms with E-state index in [1.165, 1.54) is 0 Å². The zero-order valence-electron chi connectivity index (χ0n) is 14.3. The molecule has 25 heavy (non-hydrogen) atoms. The fourth-order valence-electron chi connectivity index (χ4n) is 2.93. The van der Waals surface area contributed by atoms with Crippen LogP contribution in [0.25, 0.3) is 0 Å². The van der Waals surface area contributed by atoms with E-state index in [1.54, 1.807) is 41.4 Å². The largest absolute Gasteiger partial charge is 0.467 e. The van der Waals surface area contributed by atoms with Gasteiger partial charge in [0.05, 0.1) is 19.4 Å². The lowest BCUT2D eigenvalue weighted by Crippen LogP contribution is -2.33. The number of ether oxygens (including phenoxy) is 1. The Bertz CT molecular complexity index is 710. The number of carbonyl (C=O) groups excluding carboxylic acids is 2. The topological polar surface area (TPSA) is 63.0 Å². The minimum absolute atomic E-state index is 0.0900. The van der Waals surface area contributed by atoms with E-state index in [0.29, 0.717) is 31.7 Å². The molecule has 0 radical (unpaired) electrons. The fraction of sp³-hybridized carbons (Fsp3) is 0.368. The van der Waals surface area contributed by atoms with Gasteiger partial charge in [0.25, 0.3) is 5.91 Å². The van der Waals surface area contributed by atoms with E-state index in [0.717, 1.165) is 24.4 Å². The molecular weight excluding hydrogens is 320 g/mol. The Morgan fingerprint density at radius 3 is 2.68 bits per heavy atom. The Hall–Kier alpha value is -2.60. The van der Waals surface area contributed by atoms with Crippen LogP contribution in [0.15, 0.2) is 47.1 Å². The van der Waals surface area contributed by atoms with Crippen LogP contribution >= 0.6 is 0 Å². The average molecular weight is 342 g/mol. The lowest BCUT2D eigenvalue weighted by molar-refractivity contribution is -0.117. The molecule has 1 fully saturated rings. The summed E-state index contributed by atoms with van der Waals surface area (Å²) < 4.78 is 10.5. The number of anilines is 1. The van der Waals surface area contributed by atoms with Crippen molar-refractivity contribution in [3.05, 3.63) is 54.0 Å². The zero-order valence-corrected chi connectivity index (χ0v) is 14.3. The number of benzene rings is 1. The Morgan fingerprint density at radius 2 is 2.08 bits per heavy atom. The molecule has 0 atom stereocenters. The van der Waals surface area contributed by atoms with Gasteiger partial charge in [0.15, 0.2) is 0 Å². The molecule has 132 valence electrons. The molecule has 1 aromatic carbocycles. The molecule has 0 N–H and O–H groups in total. The number of nitrogens with zero attached hydrogens (tertiary/aromatic N) is 2. The lowest BCUT2D eigenvalue weighted by atomic mass is 10.1. The molecule has 2 amide bonds. The first-order valence-electron chi connectivity index (χ1n) is 8.40. The van der Waals surface area contributed by atoms with Crippen LogP contribution in [-0.4, -0.2) is 43.5 Å². The van der Waals surface area contributed by atoms with Crippen LogP contribution in [0.1, 0.15) is 29.0 Å². The Morgan fingerprint density at radius 1 is 1.28 bits per heavy atom. The van der Waals surface area contributed by atoms with Crippen LogP contribution < -0.4 is 4.90 Å². The molecule has 0 saturated carbocycles. The van der Waals surface area contributed by atoms with Crippen molar-refractivity contribution in [1.29, 1.82) is 0 Å². The van der Waals surface area contributed by atoms with Crippen LogP contribution in [0.5, 0.6) is 0 Å². The van der Waals surface area contributed by atoms with Crippen LogP contribution in [0, 0.1) is 0 Å². The van der Waals surface area contributed by atoms with Crippen molar-refractivity contribution in [3.63, 3.8) is 0 Å². The first-order valence-corrected chi connectivity index (χ1v) is 8.40. The normalized spacial score (nSPS) is 14.1. The molecule has 2 heterocycles. The van der Waals surface area contributed by atoms with Crippen molar-refractivity contribution in [3.8, 4) is 0 Å². The van der Waals surface area contributed by atoms with E-state index in [9.17, 15) is 9.59 Å². The van der Waals surface area contributed by atoms with E-state index < -0.39 is 0 Å². The highest BCUT2D eigenvalue weighted by Crippen LogP contribution is 2.22. The van der Waals surface area contributed by atoms with Crippen molar-refractivity contribution in [2.45, 2.75) is 19.4 Å². The number of furan rings is 1. The highest BCUT2D eigenvalue weighted by molar-refractivity contribution is 5.97. The van der Waals surface area contributed by atoms with Gasteiger partial charge in [-0.3, -0.25) is 9.59 Å². The van der Waals surface area contributed by atoms with Gasteiger partial charge in [-0.25, -0.2) is 0 Å². The molecule has 0 spiro atoms. The Kier molecular flexibility index (Phi) is 5.50. The van der Waals surface area contributed by atoms with E-state index in [2.05, 4.69) is 0 Å². The predicted octanol–water partition coefficient (Wildman–Crippen LogP) is 2.70. The summed E-state index contributed by atoms with van der Waals surface area (Å²) in [5.74, 6) is 0.773. The Balaban J connectivity index is 1.73. The number of rotatable bonds is 7. The SMILES string of the molecule is COCCN(Cc1ccco1)C(=O)c1ccc(N2CCCC2=O)cc1. The van der Waals surface area contributed by atoms with E-state index in [1.807, 2.05) is 18.2 Å². The van der Waals surface area contributed by atoms with Crippen molar-refractivity contribution < 1.29 is 18.7 Å². The molecule has 0 aliphatic carbocycles. The quantitative estimate of drug-likeness (QED) is 0.776. The van der Waals surface area contributed by atoms with Gasteiger partial charge in [-0.05, 0) is 42.8 Å². The van der Waals surface area contributed by atoms with E-state index in [4.69, 9.17) is 9.15 Å². The second-order valence-corrected chi connectivity index (χ2v) is 5.99. The molecule has 6 heteroatoms. The Labute approximate surface area is 147 Å². The molecule has 1 aromatic heterocycles. The van der Waals surface area contributed by atoms with Crippen molar-refractivity contribution >= 4 is 17.5 Å². The summed E-state index contributed by atoms with van der Waals surface area (Å²) in [4.78, 5) is 28.1. The van der Waals surface area contributed by atoms with Gasteiger partial charge in [0.1, 0.15) is 5.76 Å². The molecule has 3 rings (SSSR count). The molecule has 1 saturated heterocycles. The first kappa shape index (κ1) is 17.2. The lowest BCUT2D eigenvalue weighted by Gasteiger charge is -2.22. The van der Waals surface area contributed by atoms with Crippen LogP contribution in [0.4, 0.5) is 5.69 Å². The fourth-order valence-corrected chi connectivity index (χ4v) is 2.93. The summed E-state index contributed by atoms with van der Waals surface area (Å²) in [5.41, 5.74) is 1.42. The van der Waals surface area contributed by atoms with Gasteiger partial charge in [0, 0.05) is 37.9 Å². The van der Waals surface area contributed by atoms with Crippen LogP contribution in [-0.2, 0) is 16.1 Å². The number of hydrogen-bond donors (Lipinski definition) is 0. The number of carbonyl (C=O) groups is 2. The highest BCUT2D eigenvalue weighted by Gasteiger charge is 2.22. The van der Waals surface area contributed by atoms with Gasteiger partial charge in [-0.1, -0.05) is 0 Å². The summed E-state index contributed by atoms with van der Waals surface area (Å²) in [7, 11) is 1.61. The van der Waals surface area contributed by atoms with Gasteiger partial charge in [0.2, 0.25) is 5.91 Å². The minimum Gasteiger partial charge on any atom is -0.467 e. The van der Waals surface area contributed by atoms with E-state index in [-0.39, 0.29) is 11.8 Å². The van der Waals surface area contributed by atoms with Crippen LogP contribution in [0.2, 0.25) is 0 Å². The molecule has 1 aliphatic heterocycles. The zero-order chi connectivity index (χ0) is 17.6. The molecule has 0 unspecified atom stereocenters. The third-order valence-corrected chi connectivity index (χ3v) is 4.28.